The maximum absolute atomic E-state index is 12.9. The highest BCUT2D eigenvalue weighted by molar-refractivity contribution is 7.99. The van der Waals surface area contributed by atoms with E-state index in [0.29, 0.717) is 15.4 Å². The number of aryl methyl sites for hydroxylation is 2. The highest BCUT2D eigenvalue weighted by atomic mass is 32.2. The minimum Gasteiger partial charge on any atom is -0.462 e. The van der Waals surface area contributed by atoms with Crippen LogP contribution >= 0.6 is 23.1 Å². The predicted octanol–water partition coefficient (Wildman–Crippen LogP) is 1.26. The molecule has 8 heteroatoms. The van der Waals surface area contributed by atoms with Crippen LogP contribution < -0.4 is 5.56 Å². The van der Waals surface area contributed by atoms with Crippen molar-refractivity contribution in [1.29, 1.82) is 0 Å². The second-order valence-corrected chi connectivity index (χ2v) is 7.42. The molecule has 0 bridgehead atoms. The lowest BCUT2D eigenvalue weighted by Crippen LogP contribution is -2.48. The number of aliphatic hydroxyl groups is 1. The van der Waals surface area contributed by atoms with Crippen molar-refractivity contribution in [3.05, 3.63) is 20.8 Å². The van der Waals surface area contributed by atoms with Crippen LogP contribution in [0.15, 0.2) is 9.95 Å². The van der Waals surface area contributed by atoms with Gasteiger partial charge < -0.3 is 9.84 Å². The lowest BCUT2D eigenvalue weighted by Gasteiger charge is -2.21. The van der Waals surface area contributed by atoms with Crippen LogP contribution in [0.2, 0.25) is 0 Å². The molecule has 1 N–H and O–H groups in total. The SMILES string of the molecule is CCOC(=O)[C@@]1(O)CSc2nc3sc4c(c3c(=O)n21)CCC4. The van der Waals surface area contributed by atoms with Gasteiger partial charge in [-0.2, -0.15) is 0 Å². The van der Waals surface area contributed by atoms with Gasteiger partial charge >= 0.3 is 5.97 Å². The highest BCUT2D eigenvalue weighted by Crippen LogP contribution is 2.39. The van der Waals surface area contributed by atoms with E-state index in [-0.39, 0.29) is 17.9 Å². The molecule has 22 heavy (non-hydrogen) atoms. The summed E-state index contributed by atoms with van der Waals surface area (Å²) in [5.41, 5.74) is -1.25. The van der Waals surface area contributed by atoms with E-state index in [1.807, 2.05) is 0 Å². The lowest BCUT2D eigenvalue weighted by molar-refractivity contribution is -0.173. The first kappa shape index (κ1) is 14.2. The molecule has 0 fully saturated rings. The largest absolute Gasteiger partial charge is 0.462 e. The van der Waals surface area contributed by atoms with Gasteiger partial charge in [-0.15, -0.1) is 11.3 Å². The monoisotopic (exact) mass is 338 g/mol. The zero-order valence-electron chi connectivity index (χ0n) is 11.9. The number of thioether (sulfide) groups is 1. The van der Waals surface area contributed by atoms with Crippen LogP contribution in [0.1, 0.15) is 23.8 Å². The molecule has 0 amide bonds. The van der Waals surface area contributed by atoms with Gasteiger partial charge in [-0.3, -0.25) is 4.79 Å². The Hall–Kier alpha value is -1.38. The molecule has 0 unspecified atom stereocenters. The number of fused-ring (bicyclic) bond motifs is 4. The first-order chi connectivity index (χ1) is 10.6. The Morgan fingerprint density at radius 1 is 1.50 bits per heavy atom. The molecule has 2 aromatic heterocycles. The Balaban J connectivity index is 1.98. The number of ether oxygens (including phenoxy) is 1. The van der Waals surface area contributed by atoms with Gasteiger partial charge in [0.05, 0.1) is 17.7 Å². The molecule has 0 saturated heterocycles. The Morgan fingerprint density at radius 3 is 3.09 bits per heavy atom. The summed E-state index contributed by atoms with van der Waals surface area (Å²) in [6.45, 7) is 1.82. The Kier molecular flexibility index (Phi) is 3.11. The third-order valence-electron chi connectivity index (χ3n) is 4.08. The van der Waals surface area contributed by atoms with Gasteiger partial charge in [0, 0.05) is 4.88 Å². The topological polar surface area (TPSA) is 81.4 Å². The summed E-state index contributed by atoms with van der Waals surface area (Å²) in [6.07, 6.45) is 2.87. The second kappa shape index (κ2) is 4.81. The average molecular weight is 338 g/mol. The van der Waals surface area contributed by atoms with E-state index in [1.54, 1.807) is 18.3 Å². The Labute approximate surface area is 134 Å². The van der Waals surface area contributed by atoms with Gasteiger partial charge in [0.15, 0.2) is 5.16 Å². The zero-order valence-corrected chi connectivity index (χ0v) is 13.6. The van der Waals surface area contributed by atoms with Crippen molar-refractivity contribution in [3.8, 4) is 0 Å². The molecule has 6 nitrogen and oxygen atoms in total. The number of aromatic nitrogens is 2. The third-order valence-corrected chi connectivity index (χ3v) is 6.35. The lowest BCUT2D eigenvalue weighted by atomic mass is 10.2. The van der Waals surface area contributed by atoms with Crippen LogP contribution in [-0.2, 0) is 28.1 Å². The van der Waals surface area contributed by atoms with E-state index in [4.69, 9.17) is 4.74 Å². The van der Waals surface area contributed by atoms with Gasteiger partial charge in [-0.25, -0.2) is 14.3 Å². The third kappa shape index (κ3) is 1.74. The number of carbonyl (C=O) groups is 1. The van der Waals surface area contributed by atoms with Crippen LogP contribution in [0.25, 0.3) is 10.2 Å². The molecular formula is C14H14N2O4S2. The fourth-order valence-electron chi connectivity index (χ4n) is 3.07. The molecule has 4 rings (SSSR count). The van der Waals surface area contributed by atoms with Crippen molar-refractivity contribution < 1.29 is 14.6 Å². The number of hydrogen-bond donors (Lipinski definition) is 1. The molecule has 0 aromatic carbocycles. The molecule has 0 saturated carbocycles. The Morgan fingerprint density at radius 2 is 2.32 bits per heavy atom. The van der Waals surface area contributed by atoms with Crippen molar-refractivity contribution in [2.75, 3.05) is 12.4 Å². The summed E-state index contributed by atoms with van der Waals surface area (Å²) in [7, 11) is 0. The molecule has 1 aliphatic carbocycles. The number of hydrogen-bond acceptors (Lipinski definition) is 7. The molecule has 0 radical (unpaired) electrons. The van der Waals surface area contributed by atoms with E-state index in [2.05, 4.69) is 4.98 Å². The smallest absolute Gasteiger partial charge is 0.361 e. The number of thiophene rings is 1. The summed E-state index contributed by atoms with van der Waals surface area (Å²) < 4.78 is 6.05. The Bertz CT molecular complexity index is 857. The maximum Gasteiger partial charge on any atom is 0.361 e. The first-order valence-corrected chi connectivity index (χ1v) is 8.96. The fraction of sp³-hybridized carbons (Fsp3) is 0.500. The van der Waals surface area contributed by atoms with E-state index in [9.17, 15) is 14.7 Å². The van der Waals surface area contributed by atoms with Crippen molar-refractivity contribution in [1.82, 2.24) is 9.55 Å². The fourth-order valence-corrected chi connectivity index (χ4v) is 5.48. The van der Waals surface area contributed by atoms with Gasteiger partial charge in [-0.1, -0.05) is 11.8 Å². The van der Waals surface area contributed by atoms with Crippen LogP contribution in [0.4, 0.5) is 0 Å². The zero-order chi connectivity index (χ0) is 15.5. The summed E-state index contributed by atoms with van der Waals surface area (Å²) >= 11 is 2.76. The predicted molar refractivity (Wildman–Crippen MR) is 83.5 cm³/mol. The van der Waals surface area contributed by atoms with Crippen LogP contribution in [-0.4, -0.2) is 33.0 Å². The summed E-state index contributed by atoms with van der Waals surface area (Å²) in [4.78, 5) is 31.4. The molecule has 2 aliphatic rings. The molecule has 3 heterocycles. The number of carbonyl (C=O) groups excluding carboxylic acids is 1. The quantitative estimate of drug-likeness (QED) is 0.656. The average Bonchev–Trinajstić information content (AvgIpc) is 3.13. The molecule has 2 aromatic rings. The maximum atomic E-state index is 12.9. The molecule has 1 aliphatic heterocycles. The van der Waals surface area contributed by atoms with E-state index >= 15 is 0 Å². The van der Waals surface area contributed by atoms with Gasteiger partial charge in [0.25, 0.3) is 11.3 Å². The highest BCUT2D eigenvalue weighted by Gasteiger charge is 2.48. The van der Waals surface area contributed by atoms with Gasteiger partial charge in [0.1, 0.15) is 4.83 Å². The normalized spacial score (nSPS) is 22.8. The molecular weight excluding hydrogens is 324 g/mol. The van der Waals surface area contributed by atoms with E-state index in [1.165, 1.54) is 16.6 Å². The second-order valence-electron chi connectivity index (χ2n) is 5.40. The van der Waals surface area contributed by atoms with Crippen LogP contribution in [0.3, 0.4) is 0 Å². The van der Waals surface area contributed by atoms with Crippen molar-refractivity contribution >= 4 is 39.3 Å². The van der Waals surface area contributed by atoms with E-state index < -0.39 is 11.7 Å². The van der Waals surface area contributed by atoms with Gasteiger partial charge in [-0.05, 0) is 31.7 Å². The number of nitrogens with zero attached hydrogens (tertiary/aromatic N) is 2. The van der Waals surface area contributed by atoms with E-state index in [0.717, 1.165) is 29.4 Å². The van der Waals surface area contributed by atoms with Crippen LogP contribution in [0.5, 0.6) is 0 Å². The van der Waals surface area contributed by atoms with Crippen molar-refractivity contribution in [3.63, 3.8) is 0 Å². The minimum atomic E-state index is -1.96. The number of rotatable bonds is 2. The first-order valence-electron chi connectivity index (χ1n) is 7.16. The van der Waals surface area contributed by atoms with Crippen LogP contribution in [0, 0.1) is 0 Å². The molecule has 1 atom stereocenters. The summed E-state index contributed by atoms with van der Waals surface area (Å²) in [6, 6.07) is 0. The molecule has 116 valence electrons. The standard InChI is InChI=1S/C14H14N2O4S2/c1-2-20-12(18)14(19)6-21-13-15-10-9(11(17)16(13)14)7-4-3-5-8(7)22-10/h19H,2-6H2,1H3/t14-/m0/s1. The van der Waals surface area contributed by atoms with Crippen molar-refractivity contribution in [2.45, 2.75) is 37.1 Å². The number of esters is 1. The minimum absolute atomic E-state index is 0.0491. The summed E-state index contributed by atoms with van der Waals surface area (Å²) in [5.74, 6) is -0.746. The molecule has 0 spiro atoms. The van der Waals surface area contributed by atoms with Crippen molar-refractivity contribution in [2.24, 2.45) is 0 Å². The van der Waals surface area contributed by atoms with Gasteiger partial charge in [0.2, 0.25) is 0 Å². The summed E-state index contributed by atoms with van der Waals surface area (Å²) in [5, 5.41) is 11.6.